The molecular weight excluding hydrogens is 207 g/mol. The van der Waals surface area contributed by atoms with Gasteiger partial charge in [0, 0.05) is 31.5 Å². The molecule has 3 aliphatic rings. The standard InChI is InChI=1S/C10H14F3NO/c11-7-1-9(6-15)3-8(4-10(8,12)13)5-14(9)2-7/h7,15H,1-6H2/t7-,8+,9+/m0/s1. The minimum Gasteiger partial charge on any atom is -0.394 e. The summed E-state index contributed by atoms with van der Waals surface area (Å²) in [5, 5.41) is 9.32. The van der Waals surface area contributed by atoms with Gasteiger partial charge in [0.25, 0.3) is 5.92 Å². The highest BCUT2D eigenvalue weighted by Crippen LogP contribution is 2.69. The SMILES string of the molecule is OC[C@]12C[C@H](F)CN1C[C@]1(CC1(F)F)C2. The molecule has 3 fully saturated rings. The molecule has 1 aliphatic carbocycles. The number of aliphatic hydroxyl groups is 1. The van der Waals surface area contributed by atoms with Gasteiger partial charge in [-0.3, -0.25) is 4.90 Å². The Balaban J connectivity index is 1.86. The molecule has 0 aromatic carbocycles. The molecule has 0 amide bonds. The Morgan fingerprint density at radius 3 is 2.47 bits per heavy atom. The zero-order valence-corrected chi connectivity index (χ0v) is 8.35. The molecule has 3 atom stereocenters. The van der Waals surface area contributed by atoms with Gasteiger partial charge in [0.2, 0.25) is 0 Å². The number of hydrogen-bond donors (Lipinski definition) is 1. The summed E-state index contributed by atoms with van der Waals surface area (Å²) in [5.41, 5.74) is -1.64. The maximum atomic E-state index is 13.2. The van der Waals surface area contributed by atoms with Gasteiger partial charge in [0.05, 0.1) is 12.0 Å². The first-order valence-electron chi connectivity index (χ1n) is 5.31. The zero-order chi connectivity index (χ0) is 10.9. The Kier molecular flexibility index (Phi) is 1.66. The van der Waals surface area contributed by atoms with Gasteiger partial charge in [-0.15, -0.1) is 0 Å². The predicted octanol–water partition coefficient (Wildman–Crippen LogP) is 1.19. The third kappa shape index (κ3) is 1.08. The van der Waals surface area contributed by atoms with Crippen molar-refractivity contribution in [1.29, 1.82) is 0 Å². The second-order valence-corrected chi connectivity index (χ2v) is 5.40. The molecule has 2 heterocycles. The lowest BCUT2D eigenvalue weighted by atomic mass is 9.88. The third-order valence-electron chi connectivity index (χ3n) is 4.36. The normalized spacial score (nSPS) is 52.4. The summed E-state index contributed by atoms with van der Waals surface area (Å²) in [6, 6.07) is 0. The van der Waals surface area contributed by atoms with Crippen molar-refractivity contribution in [3.05, 3.63) is 0 Å². The van der Waals surface area contributed by atoms with E-state index in [1.54, 1.807) is 4.90 Å². The van der Waals surface area contributed by atoms with Crippen molar-refractivity contribution in [1.82, 2.24) is 4.90 Å². The summed E-state index contributed by atoms with van der Waals surface area (Å²) in [5.74, 6) is -2.59. The van der Waals surface area contributed by atoms with E-state index in [-0.39, 0.29) is 39.0 Å². The van der Waals surface area contributed by atoms with E-state index in [1.807, 2.05) is 0 Å². The number of hydrogen-bond acceptors (Lipinski definition) is 2. The lowest BCUT2D eigenvalue weighted by Gasteiger charge is -2.28. The number of halogens is 3. The molecule has 0 bridgehead atoms. The van der Waals surface area contributed by atoms with Crippen molar-refractivity contribution in [2.45, 2.75) is 36.9 Å². The van der Waals surface area contributed by atoms with E-state index < -0.39 is 23.0 Å². The monoisotopic (exact) mass is 221 g/mol. The largest absolute Gasteiger partial charge is 0.394 e. The molecule has 0 radical (unpaired) electrons. The lowest BCUT2D eigenvalue weighted by molar-refractivity contribution is 0.0630. The average Bonchev–Trinajstić information content (AvgIpc) is 2.38. The van der Waals surface area contributed by atoms with E-state index in [4.69, 9.17) is 0 Å². The highest BCUT2D eigenvalue weighted by molar-refractivity contribution is 5.22. The summed E-state index contributed by atoms with van der Waals surface area (Å²) < 4.78 is 39.6. The molecule has 1 N–H and O–H groups in total. The number of nitrogens with zero attached hydrogens (tertiary/aromatic N) is 1. The maximum absolute atomic E-state index is 13.2. The fraction of sp³-hybridized carbons (Fsp3) is 1.00. The topological polar surface area (TPSA) is 23.5 Å². The minimum absolute atomic E-state index is 0.0881. The van der Waals surface area contributed by atoms with Gasteiger partial charge in [-0.25, -0.2) is 13.2 Å². The Bertz CT molecular complexity index is 311. The first-order chi connectivity index (χ1) is 6.93. The van der Waals surface area contributed by atoms with Crippen LogP contribution in [-0.4, -0.2) is 47.3 Å². The number of alkyl halides is 3. The molecule has 3 rings (SSSR count). The highest BCUT2D eigenvalue weighted by atomic mass is 19.3. The first kappa shape index (κ1) is 9.90. The molecular formula is C10H14F3NO. The van der Waals surface area contributed by atoms with Crippen LogP contribution in [0, 0.1) is 5.41 Å². The molecule has 86 valence electrons. The van der Waals surface area contributed by atoms with E-state index >= 15 is 0 Å². The first-order valence-corrected chi connectivity index (χ1v) is 5.31. The van der Waals surface area contributed by atoms with Crippen molar-refractivity contribution in [3.63, 3.8) is 0 Å². The second-order valence-electron chi connectivity index (χ2n) is 5.40. The molecule has 0 aromatic rings. The third-order valence-corrected chi connectivity index (χ3v) is 4.36. The molecule has 2 aliphatic heterocycles. The van der Waals surface area contributed by atoms with Crippen molar-refractivity contribution in [3.8, 4) is 0 Å². The Hall–Kier alpha value is -0.290. The Labute approximate surface area is 86.1 Å². The second kappa shape index (κ2) is 2.51. The number of aliphatic hydroxyl groups excluding tert-OH is 1. The molecule has 2 nitrogen and oxygen atoms in total. The Morgan fingerprint density at radius 1 is 1.33 bits per heavy atom. The summed E-state index contributed by atoms with van der Waals surface area (Å²) in [7, 11) is 0. The maximum Gasteiger partial charge on any atom is 0.255 e. The zero-order valence-electron chi connectivity index (χ0n) is 8.35. The molecule has 0 unspecified atom stereocenters. The van der Waals surface area contributed by atoms with Crippen LogP contribution in [0.2, 0.25) is 0 Å². The van der Waals surface area contributed by atoms with Gasteiger partial charge < -0.3 is 5.11 Å². The van der Waals surface area contributed by atoms with E-state index in [0.29, 0.717) is 0 Å². The van der Waals surface area contributed by atoms with Crippen LogP contribution in [0.3, 0.4) is 0 Å². The van der Waals surface area contributed by atoms with Crippen molar-refractivity contribution < 1.29 is 18.3 Å². The average molecular weight is 221 g/mol. The van der Waals surface area contributed by atoms with E-state index in [9.17, 15) is 18.3 Å². The molecule has 2 saturated heterocycles. The van der Waals surface area contributed by atoms with Crippen molar-refractivity contribution >= 4 is 0 Å². The summed E-state index contributed by atoms with van der Waals surface area (Å²) >= 11 is 0. The van der Waals surface area contributed by atoms with Gasteiger partial charge in [-0.1, -0.05) is 0 Å². The van der Waals surface area contributed by atoms with Gasteiger partial charge in [-0.05, 0) is 6.42 Å². The fourth-order valence-electron chi connectivity index (χ4n) is 3.47. The summed E-state index contributed by atoms with van der Waals surface area (Å²) in [4.78, 5) is 1.73. The number of fused-ring (bicyclic) bond motifs is 1. The van der Waals surface area contributed by atoms with Gasteiger partial charge in [0.15, 0.2) is 0 Å². The van der Waals surface area contributed by atoms with Crippen LogP contribution in [-0.2, 0) is 0 Å². The van der Waals surface area contributed by atoms with Crippen LogP contribution in [0.25, 0.3) is 0 Å². The van der Waals surface area contributed by atoms with Crippen LogP contribution >= 0.6 is 0 Å². The minimum atomic E-state index is -2.59. The van der Waals surface area contributed by atoms with Crippen molar-refractivity contribution in [2.24, 2.45) is 5.41 Å². The summed E-state index contributed by atoms with van der Waals surface area (Å²) in [6.07, 6.45) is -0.595. The van der Waals surface area contributed by atoms with Crippen molar-refractivity contribution in [2.75, 3.05) is 19.7 Å². The molecule has 1 saturated carbocycles. The van der Waals surface area contributed by atoms with E-state index in [2.05, 4.69) is 0 Å². The van der Waals surface area contributed by atoms with Crippen LogP contribution in [0.5, 0.6) is 0 Å². The van der Waals surface area contributed by atoms with Gasteiger partial charge in [0.1, 0.15) is 6.17 Å². The fourth-order valence-corrected chi connectivity index (χ4v) is 3.47. The van der Waals surface area contributed by atoms with E-state index in [1.165, 1.54) is 0 Å². The predicted molar refractivity (Wildman–Crippen MR) is 47.5 cm³/mol. The van der Waals surface area contributed by atoms with E-state index in [0.717, 1.165) is 0 Å². The van der Waals surface area contributed by atoms with Crippen LogP contribution in [0.4, 0.5) is 13.2 Å². The van der Waals surface area contributed by atoms with Crippen LogP contribution in [0.15, 0.2) is 0 Å². The smallest absolute Gasteiger partial charge is 0.255 e. The highest BCUT2D eigenvalue weighted by Gasteiger charge is 2.77. The molecule has 15 heavy (non-hydrogen) atoms. The van der Waals surface area contributed by atoms with Crippen LogP contribution < -0.4 is 0 Å². The van der Waals surface area contributed by atoms with Crippen LogP contribution in [0.1, 0.15) is 19.3 Å². The molecule has 5 heteroatoms. The van der Waals surface area contributed by atoms with Gasteiger partial charge >= 0.3 is 0 Å². The Morgan fingerprint density at radius 2 is 2.00 bits per heavy atom. The lowest BCUT2D eigenvalue weighted by Crippen LogP contribution is -2.41. The molecule has 0 aromatic heterocycles. The quantitative estimate of drug-likeness (QED) is 0.719. The number of rotatable bonds is 1. The summed E-state index contributed by atoms with van der Waals surface area (Å²) in [6.45, 7) is 0.255. The molecule has 1 spiro atoms. The van der Waals surface area contributed by atoms with Gasteiger partial charge in [-0.2, -0.15) is 0 Å².